The van der Waals surface area contributed by atoms with Gasteiger partial charge in [0.2, 0.25) is 0 Å². The molecule has 12 aromatic carbocycles. The topological polar surface area (TPSA) is 6.48 Å². The van der Waals surface area contributed by atoms with Crippen LogP contribution in [0.15, 0.2) is 337 Å². The van der Waals surface area contributed by atoms with E-state index in [0.717, 1.165) is 128 Å². The average molecular weight is 1180 g/mol. The predicted octanol–water partition coefficient (Wildman–Crippen LogP) is 23.1. The molecule has 0 spiro atoms. The summed E-state index contributed by atoms with van der Waals surface area (Å²) in [6, 6.07) is 81.0. The van der Waals surface area contributed by atoms with Crippen molar-refractivity contribution < 1.29 is 26.3 Å². The molecule has 4 aliphatic rings. The van der Waals surface area contributed by atoms with Gasteiger partial charge in [0.1, 0.15) is 0 Å². The quantitative estimate of drug-likeness (QED) is 0.126. The smallest absolute Gasteiger partial charge is 0.330 e. The summed E-state index contributed by atoms with van der Waals surface area (Å²) < 4.78 is 90.6. The molecule has 0 saturated carbocycles. The molecule has 4 aliphatic carbocycles. The van der Waals surface area contributed by atoms with Crippen LogP contribution in [-0.4, -0.2) is 6.04 Å². The third kappa shape index (κ3) is 9.63. The Bertz CT molecular complexity index is 5200. The fraction of sp³-hybridized carbons (Fsp3) is 0.0488. The summed E-state index contributed by atoms with van der Waals surface area (Å²) >= 11 is 0. The number of nitrogens with zero attached hydrogens (tertiary/aromatic N) is 2. The first-order valence-corrected chi connectivity index (χ1v) is 30.0. The van der Waals surface area contributed by atoms with Gasteiger partial charge in [0, 0.05) is 34.1 Å². The van der Waals surface area contributed by atoms with E-state index in [9.17, 15) is 0 Å². The molecule has 432 valence electrons. The number of halogens is 6. The highest BCUT2D eigenvalue weighted by Crippen LogP contribution is 2.54. The highest BCUT2D eigenvalue weighted by atomic mass is 19.4. The number of benzene rings is 12. The SMILES string of the molecule is FC(F)(F)c1cccc(N(C2=C3C=CC4=C5C(=CC=C(C=C2)C35)C(N(c2cccc(C(F)(F)F)c2)c2ccc(-c3ccc5ccccc5c3)cc2-c2ccc3ccccc3c2)C=C4)c2ccc(-c3ccc4ccccc4c3)cc2-c2ccc3ccccc3c2)c1. The molecule has 0 aromatic heterocycles. The minimum atomic E-state index is -4.65. The van der Waals surface area contributed by atoms with Crippen molar-refractivity contribution in [1.29, 1.82) is 0 Å². The molecule has 2 atom stereocenters. The van der Waals surface area contributed by atoms with Crippen LogP contribution in [0.3, 0.4) is 0 Å². The zero-order valence-corrected chi connectivity index (χ0v) is 48.2. The zero-order valence-electron chi connectivity index (χ0n) is 48.2. The number of allylic oxidation sites excluding steroid dienone is 10. The Hall–Kier alpha value is -11.0. The molecule has 0 saturated heterocycles. The average Bonchev–Trinajstić information content (AvgIpc) is 0.731. The molecule has 0 radical (unpaired) electrons. The van der Waals surface area contributed by atoms with E-state index in [4.69, 9.17) is 0 Å². The van der Waals surface area contributed by atoms with E-state index >= 15 is 26.3 Å². The van der Waals surface area contributed by atoms with Gasteiger partial charge in [-0.2, -0.15) is 26.3 Å². The molecule has 12 aromatic rings. The van der Waals surface area contributed by atoms with Crippen molar-refractivity contribution in [2.45, 2.75) is 18.4 Å². The van der Waals surface area contributed by atoms with E-state index < -0.39 is 35.4 Å². The van der Waals surface area contributed by atoms with Gasteiger partial charge in [-0.15, -0.1) is 0 Å². The van der Waals surface area contributed by atoms with E-state index in [1.165, 1.54) is 24.3 Å². The Labute approximate surface area is 516 Å². The normalized spacial score (nSPS) is 16.0. The molecule has 90 heavy (non-hydrogen) atoms. The van der Waals surface area contributed by atoms with Crippen LogP contribution in [0.2, 0.25) is 0 Å². The van der Waals surface area contributed by atoms with Crippen LogP contribution in [0.4, 0.5) is 49.1 Å². The van der Waals surface area contributed by atoms with Gasteiger partial charge in [-0.3, -0.25) is 0 Å². The summed E-state index contributed by atoms with van der Waals surface area (Å²) in [6.45, 7) is 0. The molecule has 2 nitrogen and oxygen atoms in total. The van der Waals surface area contributed by atoms with Gasteiger partial charge in [0.05, 0.1) is 28.6 Å². The maximum absolute atomic E-state index is 15.1. The van der Waals surface area contributed by atoms with Crippen LogP contribution in [-0.2, 0) is 12.4 Å². The predicted molar refractivity (Wildman–Crippen MR) is 357 cm³/mol. The summed E-state index contributed by atoms with van der Waals surface area (Å²) in [7, 11) is 0. The van der Waals surface area contributed by atoms with E-state index in [2.05, 4.69) is 182 Å². The standard InChI is InChI=1S/C82H52F6N2/c83-81(84,85)67-19-9-21-69(49-67)89(77-41-35-63(61-27-23-51-11-1-5-15-57(51)43-61)47-73(77)65-29-25-53-13-3-7-17-59(53)45-65)75-39-33-55-32-38-72-76(40-34-56-31-37-71(75)79(55)80(56)72)90(70-22-10-20-68(50-70)82(86,87)88)78-42-36-64(62-28-24-52-12-2-6-16-58(52)44-62)48-74(78)66-30-26-54-14-4-8-18-60(54)46-66/h1-50,75,80H. The van der Waals surface area contributed by atoms with Gasteiger partial charge in [-0.1, -0.05) is 212 Å². The van der Waals surface area contributed by atoms with E-state index in [-0.39, 0.29) is 0 Å². The van der Waals surface area contributed by atoms with Crippen molar-refractivity contribution in [3.63, 3.8) is 0 Å². The van der Waals surface area contributed by atoms with Crippen LogP contribution in [0.25, 0.3) is 87.6 Å². The summed E-state index contributed by atoms with van der Waals surface area (Å²) in [5.41, 5.74) is 13.0. The Morgan fingerprint density at radius 3 is 1.31 bits per heavy atom. The molecule has 8 heteroatoms. The first kappa shape index (κ1) is 54.4. The van der Waals surface area contributed by atoms with Crippen molar-refractivity contribution in [2.24, 2.45) is 5.92 Å². The third-order valence-electron chi connectivity index (χ3n) is 18.1. The summed E-state index contributed by atoms with van der Waals surface area (Å²) in [6.07, 6.45) is 7.24. The van der Waals surface area contributed by atoms with Crippen LogP contribution < -0.4 is 9.80 Å². The molecule has 0 amide bonds. The molecule has 0 heterocycles. The highest BCUT2D eigenvalue weighted by molar-refractivity contribution is 5.98. The number of fused-ring (bicyclic) bond motifs is 4. The monoisotopic (exact) mass is 1180 g/mol. The summed E-state index contributed by atoms with van der Waals surface area (Å²) in [5.74, 6) is -0.426. The molecule has 2 unspecified atom stereocenters. The molecule has 0 aliphatic heterocycles. The van der Waals surface area contributed by atoms with Gasteiger partial charge in [-0.25, -0.2) is 0 Å². The lowest BCUT2D eigenvalue weighted by Gasteiger charge is -2.44. The van der Waals surface area contributed by atoms with E-state index in [0.29, 0.717) is 28.4 Å². The second-order valence-corrected chi connectivity index (χ2v) is 23.4. The van der Waals surface area contributed by atoms with Crippen molar-refractivity contribution in [1.82, 2.24) is 0 Å². The third-order valence-corrected chi connectivity index (χ3v) is 18.1. The van der Waals surface area contributed by atoms with Crippen LogP contribution >= 0.6 is 0 Å². The van der Waals surface area contributed by atoms with E-state index in [1.807, 2.05) is 82.6 Å². The molecule has 0 bridgehead atoms. The van der Waals surface area contributed by atoms with Crippen molar-refractivity contribution in [2.75, 3.05) is 9.80 Å². The number of hydrogen-bond donors (Lipinski definition) is 0. The number of hydrogen-bond acceptors (Lipinski definition) is 2. The molecule has 16 rings (SSSR count). The lowest BCUT2D eigenvalue weighted by molar-refractivity contribution is -0.138. The van der Waals surface area contributed by atoms with Crippen LogP contribution in [0.5, 0.6) is 0 Å². The first-order chi connectivity index (χ1) is 43.8. The van der Waals surface area contributed by atoms with Crippen molar-refractivity contribution in [3.8, 4) is 44.5 Å². The second-order valence-electron chi connectivity index (χ2n) is 23.4. The lowest BCUT2D eigenvalue weighted by atomic mass is 9.67. The Morgan fingerprint density at radius 2 is 0.778 bits per heavy atom. The van der Waals surface area contributed by atoms with Crippen molar-refractivity contribution in [3.05, 3.63) is 348 Å². The Kier molecular flexibility index (Phi) is 13.0. The molecular weight excluding hydrogens is 1130 g/mol. The maximum atomic E-state index is 15.1. The molecule has 0 N–H and O–H groups in total. The number of alkyl halides is 6. The van der Waals surface area contributed by atoms with Gasteiger partial charge in [0.25, 0.3) is 0 Å². The second kappa shape index (κ2) is 21.4. The highest BCUT2D eigenvalue weighted by Gasteiger charge is 2.42. The minimum absolute atomic E-state index is 0.315. The van der Waals surface area contributed by atoms with E-state index in [1.54, 1.807) is 12.1 Å². The van der Waals surface area contributed by atoms with Crippen LogP contribution in [0, 0.1) is 5.92 Å². The Morgan fingerprint density at radius 1 is 0.333 bits per heavy atom. The van der Waals surface area contributed by atoms with Gasteiger partial charge in [0.15, 0.2) is 0 Å². The Balaban J connectivity index is 0.879. The molecule has 0 fully saturated rings. The summed E-state index contributed by atoms with van der Waals surface area (Å²) in [4.78, 5) is 4.01. The maximum Gasteiger partial charge on any atom is 0.416 e. The fourth-order valence-electron chi connectivity index (χ4n) is 13.8. The minimum Gasteiger partial charge on any atom is -0.330 e. The first-order valence-electron chi connectivity index (χ1n) is 30.0. The number of anilines is 4. The summed E-state index contributed by atoms with van der Waals surface area (Å²) in [5, 5.41) is 8.51. The van der Waals surface area contributed by atoms with Gasteiger partial charge < -0.3 is 9.80 Å². The van der Waals surface area contributed by atoms with Crippen molar-refractivity contribution >= 4 is 65.8 Å². The zero-order chi connectivity index (χ0) is 60.8. The van der Waals surface area contributed by atoms with Gasteiger partial charge >= 0.3 is 12.4 Å². The van der Waals surface area contributed by atoms with Gasteiger partial charge in [-0.05, 0) is 195 Å². The lowest BCUT2D eigenvalue weighted by Crippen LogP contribution is -2.37. The number of rotatable bonds is 10. The largest absolute Gasteiger partial charge is 0.416 e. The van der Waals surface area contributed by atoms with Crippen LogP contribution in [0.1, 0.15) is 11.1 Å². The molecular formula is C82H52F6N2. The fourth-order valence-corrected chi connectivity index (χ4v) is 13.8.